The molecule has 0 aromatic heterocycles. The number of anilines is 1. The molecule has 1 heterocycles. The number of hydrogen-bond donors (Lipinski definition) is 0. The number of carbonyl (C=O) groups excluding carboxylic acids is 1. The summed E-state index contributed by atoms with van der Waals surface area (Å²) < 4.78 is 44.9. The number of rotatable bonds is 9. The van der Waals surface area contributed by atoms with Gasteiger partial charge < -0.3 is 9.64 Å². The second-order valence-electron chi connectivity index (χ2n) is 9.98. The number of halogens is 3. The van der Waals surface area contributed by atoms with Crippen molar-refractivity contribution >= 4 is 11.7 Å². The molecular weight excluding hydrogens is 489 g/mol. The van der Waals surface area contributed by atoms with Gasteiger partial charge in [0.25, 0.3) is 0 Å². The van der Waals surface area contributed by atoms with Gasteiger partial charge in [-0.3, -0.25) is 9.69 Å². The molecule has 202 valence electrons. The van der Waals surface area contributed by atoms with Gasteiger partial charge >= 0.3 is 12.1 Å². The Hall–Kier alpha value is -3.32. The van der Waals surface area contributed by atoms with Gasteiger partial charge in [-0.25, -0.2) is 0 Å². The monoisotopic (exact) mass is 524 g/mol. The summed E-state index contributed by atoms with van der Waals surface area (Å²) in [5, 5.41) is 0. The molecule has 0 aliphatic carbocycles. The number of hydrogen-bond acceptors (Lipinski definition) is 4. The Kier molecular flexibility index (Phi) is 8.77. The Morgan fingerprint density at radius 1 is 0.842 bits per heavy atom. The number of carbonyl (C=O) groups is 1. The number of alkyl halides is 3. The molecule has 0 bridgehead atoms. The molecule has 1 aliphatic heterocycles. The van der Waals surface area contributed by atoms with Gasteiger partial charge in [0.1, 0.15) is 0 Å². The lowest BCUT2D eigenvalue weighted by Gasteiger charge is -2.37. The van der Waals surface area contributed by atoms with E-state index in [9.17, 15) is 18.0 Å². The van der Waals surface area contributed by atoms with Crippen LogP contribution in [-0.4, -0.2) is 50.2 Å². The third kappa shape index (κ3) is 6.57. The molecule has 4 rings (SSSR count). The fourth-order valence-corrected chi connectivity index (χ4v) is 5.10. The van der Waals surface area contributed by atoms with E-state index in [-0.39, 0.29) is 5.97 Å². The Balaban J connectivity index is 1.34. The maximum absolute atomic E-state index is 13.2. The smallest absolute Gasteiger partial charge is 0.416 e. The van der Waals surface area contributed by atoms with Crippen LogP contribution in [0, 0.1) is 0 Å². The topological polar surface area (TPSA) is 32.8 Å². The summed E-state index contributed by atoms with van der Waals surface area (Å²) in [5.41, 5.74) is 2.00. The van der Waals surface area contributed by atoms with Crippen molar-refractivity contribution < 1.29 is 22.7 Å². The molecule has 1 aliphatic rings. The molecule has 7 heteroatoms. The second kappa shape index (κ2) is 12.0. The van der Waals surface area contributed by atoms with Gasteiger partial charge in [-0.1, -0.05) is 54.6 Å². The predicted octanol–water partition coefficient (Wildman–Crippen LogP) is 6.80. The van der Waals surface area contributed by atoms with Gasteiger partial charge in [0.2, 0.25) is 0 Å². The fraction of sp³-hybridized carbons (Fsp3) is 0.387. The average molecular weight is 525 g/mol. The van der Waals surface area contributed by atoms with Crippen LogP contribution in [0.15, 0.2) is 78.9 Å². The molecule has 1 atom stereocenters. The Bertz CT molecular complexity index is 1210. The summed E-state index contributed by atoms with van der Waals surface area (Å²) in [4.78, 5) is 17.5. The summed E-state index contributed by atoms with van der Waals surface area (Å²) in [6.07, 6.45) is -2.79. The van der Waals surface area contributed by atoms with E-state index in [0.717, 1.165) is 62.0 Å². The highest BCUT2D eigenvalue weighted by Crippen LogP contribution is 2.34. The number of esters is 1. The van der Waals surface area contributed by atoms with Gasteiger partial charge in [-0.05, 0) is 74.2 Å². The molecule has 38 heavy (non-hydrogen) atoms. The normalized spacial score (nSPS) is 16.2. The van der Waals surface area contributed by atoms with Crippen LogP contribution in [0.2, 0.25) is 0 Å². The Morgan fingerprint density at radius 2 is 1.47 bits per heavy atom. The van der Waals surface area contributed by atoms with Crippen molar-refractivity contribution in [3.8, 4) is 11.1 Å². The van der Waals surface area contributed by atoms with Crippen LogP contribution >= 0.6 is 0 Å². The first kappa shape index (κ1) is 27.7. The maximum Gasteiger partial charge on any atom is 0.416 e. The zero-order valence-electron chi connectivity index (χ0n) is 22.0. The third-order valence-electron chi connectivity index (χ3n) is 7.39. The highest BCUT2D eigenvalue weighted by Gasteiger charge is 2.36. The number of benzene rings is 3. The van der Waals surface area contributed by atoms with Gasteiger partial charge in [-0.15, -0.1) is 0 Å². The van der Waals surface area contributed by atoms with Crippen LogP contribution in [0.4, 0.5) is 18.9 Å². The number of ether oxygens (including phenoxy) is 1. The standard InChI is InChI=1S/C31H35F3N2O2/c1-3-38-29(37)30(2,26-12-5-4-6-13-26)16-9-17-35-18-20-36(21-19-35)28-15-8-11-25(23-28)24-10-7-14-27(22-24)31(32,33)34/h4-8,10-15,22-23H,3,9,16-21H2,1-2H3. The highest BCUT2D eigenvalue weighted by molar-refractivity contribution is 5.82. The predicted molar refractivity (Wildman–Crippen MR) is 145 cm³/mol. The Morgan fingerprint density at radius 3 is 2.13 bits per heavy atom. The minimum absolute atomic E-state index is 0.184. The number of nitrogens with zero attached hydrogens (tertiary/aromatic N) is 2. The van der Waals surface area contributed by atoms with E-state index in [1.165, 1.54) is 12.1 Å². The average Bonchev–Trinajstić information content (AvgIpc) is 2.93. The van der Waals surface area contributed by atoms with Crippen molar-refractivity contribution in [2.75, 3.05) is 44.2 Å². The first-order valence-electron chi connectivity index (χ1n) is 13.2. The minimum Gasteiger partial charge on any atom is -0.465 e. The quantitative estimate of drug-likeness (QED) is 0.289. The summed E-state index contributed by atoms with van der Waals surface area (Å²) in [7, 11) is 0. The summed E-state index contributed by atoms with van der Waals surface area (Å²) >= 11 is 0. The number of piperazine rings is 1. The first-order valence-corrected chi connectivity index (χ1v) is 13.2. The molecule has 3 aromatic carbocycles. The largest absolute Gasteiger partial charge is 0.465 e. The summed E-state index contributed by atoms with van der Waals surface area (Å²) in [5.74, 6) is -0.184. The van der Waals surface area contributed by atoms with E-state index in [0.29, 0.717) is 18.6 Å². The zero-order valence-corrected chi connectivity index (χ0v) is 22.0. The molecule has 1 saturated heterocycles. The highest BCUT2D eigenvalue weighted by atomic mass is 19.4. The van der Waals surface area contributed by atoms with Crippen molar-refractivity contribution in [3.05, 3.63) is 90.0 Å². The molecule has 0 saturated carbocycles. The summed E-state index contributed by atoms with van der Waals surface area (Å²) in [6.45, 7) is 8.48. The summed E-state index contributed by atoms with van der Waals surface area (Å²) in [6, 6.07) is 23.0. The van der Waals surface area contributed by atoms with Crippen molar-refractivity contribution in [1.82, 2.24) is 4.90 Å². The van der Waals surface area contributed by atoms with E-state index in [4.69, 9.17) is 4.74 Å². The van der Waals surface area contributed by atoms with Gasteiger partial charge in [-0.2, -0.15) is 13.2 Å². The molecule has 0 amide bonds. The van der Waals surface area contributed by atoms with Crippen LogP contribution < -0.4 is 4.90 Å². The SMILES string of the molecule is CCOC(=O)C(C)(CCCN1CCN(c2cccc(-c3cccc(C(F)(F)F)c3)c2)CC1)c1ccccc1. The van der Waals surface area contributed by atoms with Crippen LogP contribution in [0.1, 0.15) is 37.8 Å². The van der Waals surface area contributed by atoms with Crippen LogP contribution in [0.5, 0.6) is 0 Å². The van der Waals surface area contributed by atoms with Crippen molar-refractivity contribution in [3.63, 3.8) is 0 Å². The first-order chi connectivity index (χ1) is 18.2. The van der Waals surface area contributed by atoms with E-state index in [2.05, 4.69) is 9.80 Å². The molecule has 3 aromatic rings. The van der Waals surface area contributed by atoms with Crippen LogP contribution in [0.3, 0.4) is 0 Å². The van der Waals surface area contributed by atoms with Gasteiger partial charge in [0.05, 0.1) is 17.6 Å². The van der Waals surface area contributed by atoms with Gasteiger partial charge in [0, 0.05) is 31.9 Å². The van der Waals surface area contributed by atoms with Crippen LogP contribution in [0.25, 0.3) is 11.1 Å². The maximum atomic E-state index is 13.2. The van der Waals surface area contributed by atoms with Crippen molar-refractivity contribution in [2.45, 2.75) is 38.3 Å². The molecule has 1 unspecified atom stereocenters. The van der Waals surface area contributed by atoms with E-state index in [1.807, 2.05) is 68.4 Å². The zero-order chi connectivity index (χ0) is 27.2. The van der Waals surface area contributed by atoms with E-state index >= 15 is 0 Å². The minimum atomic E-state index is -4.36. The molecular formula is C31H35F3N2O2. The Labute approximate surface area is 223 Å². The van der Waals surface area contributed by atoms with Gasteiger partial charge in [0.15, 0.2) is 0 Å². The van der Waals surface area contributed by atoms with Crippen LogP contribution in [-0.2, 0) is 21.1 Å². The second-order valence-corrected chi connectivity index (χ2v) is 9.98. The van der Waals surface area contributed by atoms with E-state index < -0.39 is 17.2 Å². The lowest BCUT2D eigenvalue weighted by Crippen LogP contribution is -2.47. The van der Waals surface area contributed by atoms with Crippen molar-refractivity contribution in [1.29, 1.82) is 0 Å². The third-order valence-corrected chi connectivity index (χ3v) is 7.39. The molecule has 0 radical (unpaired) electrons. The molecule has 0 N–H and O–H groups in total. The molecule has 4 nitrogen and oxygen atoms in total. The fourth-order valence-electron chi connectivity index (χ4n) is 5.10. The van der Waals surface area contributed by atoms with E-state index in [1.54, 1.807) is 6.07 Å². The molecule has 0 spiro atoms. The van der Waals surface area contributed by atoms with Crippen molar-refractivity contribution in [2.24, 2.45) is 0 Å². The lowest BCUT2D eigenvalue weighted by molar-refractivity contribution is -0.150. The lowest BCUT2D eigenvalue weighted by atomic mass is 9.78. The molecule has 1 fully saturated rings.